The van der Waals surface area contributed by atoms with Crippen LogP contribution in [0.4, 0.5) is 0 Å². The molecule has 0 saturated carbocycles. The zero-order chi connectivity index (χ0) is 15.4. The number of carboxylic acids is 1. The van der Waals surface area contributed by atoms with Crippen molar-refractivity contribution in [3.8, 4) is 11.1 Å². The zero-order valence-corrected chi connectivity index (χ0v) is 11.8. The summed E-state index contributed by atoms with van der Waals surface area (Å²) in [7, 11) is 0. The van der Waals surface area contributed by atoms with Gasteiger partial charge in [-0.2, -0.15) is 0 Å². The molecule has 0 aliphatic rings. The molecule has 110 valence electrons. The third-order valence-corrected chi connectivity index (χ3v) is 3.09. The Morgan fingerprint density at radius 1 is 1.24 bits per heavy atom. The number of carbonyl (C=O) groups is 2. The highest BCUT2D eigenvalue weighted by atomic mass is 16.5. The highest BCUT2D eigenvalue weighted by Crippen LogP contribution is 2.26. The second kappa shape index (κ2) is 6.21. The van der Waals surface area contributed by atoms with E-state index in [4.69, 9.17) is 9.63 Å². The average molecular weight is 288 g/mol. The Morgan fingerprint density at radius 3 is 2.43 bits per heavy atom. The third-order valence-electron chi connectivity index (χ3n) is 3.09. The quantitative estimate of drug-likeness (QED) is 0.879. The Kier molecular flexibility index (Phi) is 4.37. The van der Waals surface area contributed by atoms with Gasteiger partial charge in [0, 0.05) is 17.7 Å². The Hall–Kier alpha value is -2.63. The first-order valence-corrected chi connectivity index (χ1v) is 6.52. The first-order valence-electron chi connectivity index (χ1n) is 6.52. The van der Waals surface area contributed by atoms with Gasteiger partial charge in [-0.15, -0.1) is 0 Å². The van der Waals surface area contributed by atoms with Crippen LogP contribution in [-0.2, 0) is 4.79 Å². The number of carboxylic acid groups (broad SMARTS) is 1. The SMILES string of the molecule is Cc1noc(C)c1-c1ccc(C(=O)NCCC(=O)O)cc1. The molecule has 0 aliphatic carbocycles. The van der Waals surface area contributed by atoms with Crippen molar-refractivity contribution >= 4 is 11.9 Å². The summed E-state index contributed by atoms with van der Waals surface area (Å²) in [6.07, 6.45) is -0.0943. The predicted molar refractivity (Wildman–Crippen MR) is 76.0 cm³/mol. The normalized spacial score (nSPS) is 10.4. The van der Waals surface area contributed by atoms with Gasteiger partial charge < -0.3 is 14.9 Å². The topological polar surface area (TPSA) is 92.4 Å². The van der Waals surface area contributed by atoms with Crippen molar-refractivity contribution in [2.45, 2.75) is 20.3 Å². The summed E-state index contributed by atoms with van der Waals surface area (Å²) in [5, 5.41) is 15.0. The van der Waals surface area contributed by atoms with Crippen molar-refractivity contribution < 1.29 is 19.2 Å². The number of aliphatic carboxylic acids is 1. The van der Waals surface area contributed by atoms with Crippen LogP contribution >= 0.6 is 0 Å². The average Bonchev–Trinajstić information content (AvgIpc) is 2.78. The molecule has 0 atom stereocenters. The number of amides is 1. The summed E-state index contributed by atoms with van der Waals surface area (Å²) in [6, 6.07) is 7.02. The van der Waals surface area contributed by atoms with Crippen molar-refractivity contribution in [1.29, 1.82) is 0 Å². The molecule has 2 rings (SSSR count). The van der Waals surface area contributed by atoms with E-state index in [1.807, 2.05) is 26.0 Å². The maximum Gasteiger partial charge on any atom is 0.305 e. The standard InChI is InChI=1S/C15H16N2O4/c1-9-14(10(2)21-17-9)11-3-5-12(6-4-11)15(20)16-8-7-13(18)19/h3-6H,7-8H2,1-2H3,(H,16,20)(H,18,19). The largest absolute Gasteiger partial charge is 0.481 e. The highest BCUT2D eigenvalue weighted by molar-refractivity contribution is 5.94. The van der Waals surface area contributed by atoms with E-state index in [2.05, 4.69) is 10.5 Å². The van der Waals surface area contributed by atoms with Gasteiger partial charge in [0.15, 0.2) is 0 Å². The predicted octanol–water partition coefficient (Wildman–Crippen LogP) is 2.16. The lowest BCUT2D eigenvalue weighted by Crippen LogP contribution is -2.25. The van der Waals surface area contributed by atoms with Gasteiger partial charge in [0.25, 0.3) is 5.91 Å². The zero-order valence-electron chi connectivity index (χ0n) is 11.8. The van der Waals surface area contributed by atoms with Crippen molar-refractivity contribution in [3.63, 3.8) is 0 Å². The van der Waals surface area contributed by atoms with Gasteiger partial charge >= 0.3 is 5.97 Å². The van der Waals surface area contributed by atoms with Gasteiger partial charge in [0.1, 0.15) is 5.76 Å². The lowest BCUT2D eigenvalue weighted by atomic mass is 10.0. The molecule has 1 heterocycles. The monoisotopic (exact) mass is 288 g/mol. The molecule has 0 aliphatic heterocycles. The molecule has 2 aromatic rings. The van der Waals surface area contributed by atoms with Gasteiger partial charge in [-0.05, 0) is 31.5 Å². The lowest BCUT2D eigenvalue weighted by molar-refractivity contribution is -0.136. The number of nitrogens with one attached hydrogen (secondary N) is 1. The summed E-state index contributed by atoms with van der Waals surface area (Å²) in [5.74, 6) is -0.503. The lowest BCUT2D eigenvalue weighted by Gasteiger charge is -2.05. The van der Waals surface area contributed by atoms with E-state index in [0.717, 1.165) is 22.6 Å². The van der Waals surface area contributed by atoms with Gasteiger partial charge in [0.2, 0.25) is 0 Å². The maximum atomic E-state index is 11.8. The van der Waals surface area contributed by atoms with Crippen molar-refractivity contribution in [2.75, 3.05) is 6.54 Å². The van der Waals surface area contributed by atoms with Gasteiger partial charge in [-0.25, -0.2) is 0 Å². The molecule has 2 N–H and O–H groups in total. The number of aryl methyl sites for hydroxylation is 2. The second-order valence-corrected chi connectivity index (χ2v) is 4.68. The van der Waals surface area contributed by atoms with Gasteiger partial charge in [-0.3, -0.25) is 9.59 Å². The van der Waals surface area contributed by atoms with Crippen LogP contribution in [0.1, 0.15) is 28.2 Å². The minimum Gasteiger partial charge on any atom is -0.481 e. The fourth-order valence-electron chi connectivity index (χ4n) is 2.07. The number of carbonyl (C=O) groups excluding carboxylic acids is 1. The molecule has 0 radical (unpaired) electrons. The highest BCUT2D eigenvalue weighted by Gasteiger charge is 2.12. The molecule has 0 spiro atoms. The van der Waals surface area contributed by atoms with Crippen molar-refractivity contribution in [3.05, 3.63) is 41.3 Å². The van der Waals surface area contributed by atoms with E-state index in [1.165, 1.54) is 0 Å². The summed E-state index contributed by atoms with van der Waals surface area (Å²) >= 11 is 0. The minimum atomic E-state index is -0.941. The molecule has 21 heavy (non-hydrogen) atoms. The van der Waals surface area contributed by atoms with Crippen LogP contribution in [-0.4, -0.2) is 28.7 Å². The van der Waals surface area contributed by atoms with Crippen LogP contribution in [0.2, 0.25) is 0 Å². The van der Waals surface area contributed by atoms with Crippen LogP contribution in [0.3, 0.4) is 0 Å². The molecule has 0 saturated heterocycles. The molecule has 0 bridgehead atoms. The Labute approximate surface area is 121 Å². The van der Waals surface area contributed by atoms with E-state index in [1.54, 1.807) is 12.1 Å². The van der Waals surface area contributed by atoms with E-state index >= 15 is 0 Å². The number of hydrogen-bond donors (Lipinski definition) is 2. The van der Waals surface area contributed by atoms with Crippen LogP contribution in [0.25, 0.3) is 11.1 Å². The third kappa shape index (κ3) is 3.47. The van der Waals surface area contributed by atoms with E-state index in [0.29, 0.717) is 5.56 Å². The fraction of sp³-hybridized carbons (Fsp3) is 0.267. The number of rotatable bonds is 5. The molecular formula is C15H16N2O4. The number of nitrogens with zero attached hydrogens (tertiary/aromatic N) is 1. The molecule has 6 heteroatoms. The molecule has 0 fully saturated rings. The van der Waals surface area contributed by atoms with Crippen molar-refractivity contribution in [2.24, 2.45) is 0 Å². The summed E-state index contributed by atoms with van der Waals surface area (Å²) < 4.78 is 5.12. The molecule has 0 unspecified atom stereocenters. The van der Waals surface area contributed by atoms with E-state index in [9.17, 15) is 9.59 Å². The van der Waals surface area contributed by atoms with Gasteiger partial charge in [-0.1, -0.05) is 17.3 Å². The summed E-state index contributed by atoms with van der Waals surface area (Å²) in [5.41, 5.74) is 3.13. The maximum absolute atomic E-state index is 11.8. The smallest absolute Gasteiger partial charge is 0.305 e. The Balaban J connectivity index is 2.09. The Morgan fingerprint density at radius 2 is 1.90 bits per heavy atom. The first-order chi connectivity index (χ1) is 9.99. The summed E-state index contributed by atoms with van der Waals surface area (Å²) in [4.78, 5) is 22.2. The van der Waals surface area contributed by atoms with Gasteiger partial charge in [0.05, 0.1) is 12.1 Å². The molecular weight excluding hydrogens is 272 g/mol. The fourth-order valence-corrected chi connectivity index (χ4v) is 2.07. The molecule has 6 nitrogen and oxygen atoms in total. The van der Waals surface area contributed by atoms with Crippen LogP contribution in [0.15, 0.2) is 28.8 Å². The molecule has 1 aromatic carbocycles. The molecule has 1 aromatic heterocycles. The number of hydrogen-bond acceptors (Lipinski definition) is 4. The van der Waals surface area contributed by atoms with Crippen LogP contribution in [0.5, 0.6) is 0 Å². The first kappa shape index (κ1) is 14.8. The number of benzene rings is 1. The molecule has 1 amide bonds. The van der Waals surface area contributed by atoms with Crippen LogP contribution in [0, 0.1) is 13.8 Å². The van der Waals surface area contributed by atoms with E-state index < -0.39 is 5.97 Å². The van der Waals surface area contributed by atoms with E-state index in [-0.39, 0.29) is 18.9 Å². The second-order valence-electron chi connectivity index (χ2n) is 4.68. The summed E-state index contributed by atoms with van der Waals surface area (Å²) in [6.45, 7) is 3.81. The Bertz CT molecular complexity index is 639. The van der Waals surface area contributed by atoms with Crippen LogP contribution < -0.4 is 5.32 Å². The van der Waals surface area contributed by atoms with Crippen molar-refractivity contribution in [1.82, 2.24) is 10.5 Å². The minimum absolute atomic E-state index is 0.0943. The number of aromatic nitrogens is 1.